The Morgan fingerprint density at radius 3 is 2.08 bits per heavy atom. The van der Waals surface area contributed by atoms with E-state index >= 15 is 0 Å². The van der Waals surface area contributed by atoms with Gasteiger partial charge in [0.05, 0.1) is 6.42 Å². The highest BCUT2D eigenvalue weighted by Gasteiger charge is 2.23. The molecule has 52 heavy (non-hydrogen) atoms. The standard InChI is InChI=1S/C45H54N2O5/c1-3-4-5-9-19-43(48)51-40-26-22-36(23-27-40)14-12-13-35-20-24-38(25-21-35)45(50)46(2)32-33-47-30-28-41(29-31-47)52-44(49)34-39-17-10-11-18-42(39)37-15-7-6-8-16-37/h6-8,10-11,15-18,20-27,41H,3-5,9,12-14,19,28-34H2,1-2H3. The molecule has 0 aromatic heterocycles. The average molecular weight is 703 g/mol. The van der Waals surface area contributed by atoms with Crippen molar-refractivity contribution in [2.75, 3.05) is 33.2 Å². The Morgan fingerprint density at radius 1 is 0.731 bits per heavy atom. The van der Waals surface area contributed by atoms with Crippen molar-refractivity contribution in [2.45, 2.75) is 83.7 Å². The van der Waals surface area contributed by atoms with Crippen molar-refractivity contribution in [3.8, 4) is 16.9 Å². The average Bonchev–Trinajstić information content (AvgIpc) is 3.17. The Morgan fingerprint density at radius 2 is 1.38 bits per heavy atom. The number of unbranched alkanes of at least 4 members (excludes halogenated alkanes) is 3. The number of esters is 2. The van der Waals surface area contributed by atoms with Crippen LogP contribution in [-0.4, -0.2) is 67.0 Å². The number of carbonyl (C=O) groups excluding carboxylic acids is 3. The summed E-state index contributed by atoms with van der Waals surface area (Å²) in [6.07, 6.45) is 9.33. The molecular formula is C45H54N2O5. The second-order valence-electron chi connectivity index (χ2n) is 13.9. The van der Waals surface area contributed by atoms with E-state index in [1.54, 1.807) is 4.90 Å². The lowest BCUT2D eigenvalue weighted by atomic mass is 9.98. The van der Waals surface area contributed by atoms with Gasteiger partial charge in [-0.2, -0.15) is 0 Å². The van der Waals surface area contributed by atoms with E-state index in [2.05, 4.69) is 42.2 Å². The van der Waals surface area contributed by atoms with Crippen molar-refractivity contribution in [1.29, 1.82) is 0 Å². The fourth-order valence-corrected chi connectivity index (χ4v) is 6.73. The summed E-state index contributed by atoms with van der Waals surface area (Å²) in [5, 5.41) is 0. The Bertz CT molecular complexity index is 1700. The van der Waals surface area contributed by atoms with Crippen molar-refractivity contribution >= 4 is 17.8 Å². The topological polar surface area (TPSA) is 76.2 Å². The van der Waals surface area contributed by atoms with Gasteiger partial charge in [-0.05, 0) is 90.6 Å². The number of hydrogen-bond acceptors (Lipinski definition) is 6. The van der Waals surface area contributed by atoms with E-state index < -0.39 is 0 Å². The zero-order chi connectivity index (χ0) is 36.5. The molecule has 1 fully saturated rings. The summed E-state index contributed by atoms with van der Waals surface area (Å²) in [6.45, 7) is 5.26. The molecule has 0 N–H and O–H groups in total. The van der Waals surface area contributed by atoms with Crippen LogP contribution in [0.4, 0.5) is 0 Å². The van der Waals surface area contributed by atoms with Crippen LogP contribution in [0.3, 0.4) is 0 Å². The number of aryl methyl sites for hydroxylation is 2. The summed E-state index contributed by atoms with van der Waals surface area (Å²) in [5.74, 6) is 0.283. The second-order valence-corrected chi connectivity index (χ2v) is 13.9. The largest absolute Gasteiger partial charge is 0.462 e. The molecule has 1 saturated heterocycles. The van der Waals surface area contributed by atoms with Crippen molar-refractivity contribution in [2.24, 2.45) is 0 Å². The highest BCUT2D eigenvalue weighted by Crippen LogP contribution is 2.25. The molecule has 0 atom stereocenters. The SMILES string of the molecule is CCCCCCC(=O)Oc1ccc(CCCc2ccc(C(=O)N(C)CCN3CCC(OC(=O)Cc4ccccc4-c4ccccc4)CC3)cc2)cc1. The first kappa shape index (κ1) is 38.5. The number of likely N-dealkylation sites (N-methyl/N-ethyl adjacent to an activating group) is 1. The minimum atomic E-state index is -0.183. The number of nitrogens with zero attached hydrogens (tertiary/aromatic N) is 2. The molecule has 4 aromatic carbocycles. The molecule has 0 unspecified atom stereocenters. The highest BCUT2D eigenvalue weighted by atomic mass is 16.5. The first-order valence-electron chi connectivity index (χ1n) is 19.1. The molecule has 7 nitrogen and oxygen atoms in total. The van der Waals surface area contributed by atoms with E-state index in [9.17, 15) is 14.4 Å². The van der Waals surface area contributed by atoms with Crippen LogP contribution in [0.1, 0.15) is 85.3 Å². The molecular weight excluding hydrogens is 649 g/mol. The second kappa shape index (κ2) is 20.3. The molecule has 1 aliphatic heterocycles. The maximum atomic E-state index is 13.2. The normalized spacial score (nSPS) is 13.4. The summed E-state index contributed by atoms with van der Waals surface area (Å²) in [7, 11) is 1.86. The molecule has 0 bridgehead atoms. The van der Waals surface area contributed by atoms with Crippen molar-refractivity contribution in [3.63, 3.8) is 0 Å². The molecule has 1 aliphatic rings. The van der Waals surface area contributed by atoms with E-state index in [-0.39, 0.29) is 30.4 Å². The summed E-state index contributed by atoms with van der Waals surface area (Å²) in [4.78, 5) is 42.2. The fraction of sp³-hybridized carbons (Fsp3) is 0.400. The van der Waals surface area contributed by atoms with Crippen LogP contribution >= 0.6 is 0 Å². The van der Waals surface area contributed by atoms with E-state index in [0.717, 1.165) is 94.1 Å². The first-order chi connectivity index (χ1) is 25.4. The van der Waals surface area contributed by atoms with Gasteiger partial charge in [-0.25, -0.2) is 0 Å². The van der Waals surface area contributed by atoms with Gasteiger partial charge in [-0.1, -0.05) is 105 Å². The van der Waals surface area contributed by atoms with E-state index in [4.69, 9.17) is 9.47 Å². The third-order valence-electron chi connectivity index (χ3n) is 9.89. The van der Waals surface area contributed by atoms with Gasteiger partial charge in [-0.3, -0.25) is 14.4 Å². The summed E-state index contributed by atoms with van der Waals surface area (Å²) in [5.41, 5.74) is 6.25. The molecule has 0 aliphatic carbocycles. The van der Waals surface area contributed by atoms with Gasteiger partial charge < -0.3 is 19.3 Å². The van der Waals surface area contributed by atoms with Gasteiger partial charge in [0.1, 0.15) is 11.9 Å². The molecule has 1 amide bonds. The van der Waals surface area contributed by atoms with Crippen LogP contribution in [0.15, 0.2) is 103 Å². The molecule has 0 spiro atoms. The number of rotatable bonds is 18. The number of hydrogen-bond donors (Lipinski definition) is 0. The maximum absolute atomic E-state index is 13.2. The molecule has 5 rings (SSSR count). The third kappa shape index (κ3) is 12.2. The molecule has 0 radical (unpaired) electrons. The quantitative estimate of drug-likeness (QED) is 0.0587. The minimum absolute atomic E-state index is 0.0212. The van der Waals surface area contributed by atoms with Gasteiger partial charge in [0.25, 0.3) is 5.91 Å². The number of carbonyl (C=O) groups is 3. The zero-order valence-corrected chi connectivity index (χ0v) is 30.9. The molecule has 274 valence electrons. The number of piperidine rings is 1. The van der Waals surface area contributed by atoms with E-state index in [0.29, 0.717) is 24.3 Å². The lowest BCUT2D eigenvalue weighted by molar-refractivity contribution is -0.150. The van der Waals surface area contributed by atoms with Crippen molar-refractivity contribution in [3.05, 3.63) is 125 Å². The molecule has 0 saturated carbocycles. The lowest BCUT2D eigenvalue weighted by Gasteiger charge is -2.32. The Hall–Kier alpha value is -4.75. The minimum Gasteiger partial charge on any atom is -0.462 e. The van der Waals surface area contributed by atoms with Gasteiger partial charge in [0.15, 0.2) is 0 Å². The van der Waals surface area contributed by atoms with Gasteiger partial charge in [0, 0.05) is 45.2 Å². The predicted octanol–water partition coefficient (Wildman–Crippen LogP) is 8.73. The Kier molecular flexibility index (Phi) is 15.0. The van der Waals surface area contributed by atoms with Crippen molar-refractivity contribution in [1.82, 2.24) is 9.80 Å². The highest BCUT2D eigenvalue weighted by molar-refractivity contribution is 5.94. The fourth-order valence-electron chi connectivity index (χ4n) is 6.73. The van der Waals surface area contributed by atoms with E-state index in [1.165, 1.54) is 11.1 Å². The number of ether oxygens (including phenoxy) is 2. The van der Waals surface area contributed by atoms with Gasteiger partial charge in [-0.15, -0.1) is 0 Å². The van der Waals surface area contributed by atoms with Crippen LogP contribution in [0.5, 0.6) is 5.75 Å². The van der Waals surface area contributed by atoms with Gasteiger partial charge >= 0.3 is 11.9 Å². The number of amides is 1. The maximum Gasteiger partial charge on any atom is 0.311 e. The van der Waals surface area contributed by atoms with Crippen LogP contribution in [0.25, 0.3) is 11.1 Å². The Balaban J connectivity index is 0.966. The third-order valence-corrected chi connectivity index (χ3v) is 9.89. The van der Waals surface area contributed by atoms with Gasteiger partial charge in [0.2, 0.25) is 0 Å². The number of benzene rings is 4. The lowest BCUT2D eigenvalue weighted by Crippen LogP contribution is -2.42. The van der Waals surface area contributed by atoms with Crippen molar-refractivity contribution < 1.29 is 23.9 Å². The Labute approximate surface area is 309 Å². The molecule has 1 heterocycles. The predicted molar refractivity (Wildman–Crippen MR) is 207 cm³/mol. The monoisotopic (exact) mass is 702 g/mol. The summed E-state index contributed by atoms with van der Waals surface area (Å²) in [6, 6.07) is 33.9. The summed E-state index contributed by atoms with van der Waals surface area (Å²) < 4.78 is 11.4. The van der Waals surface area contributed by atoms with Crippen LogP contribution < -0.4 is 4.74 Å². The summed E-state index contributed by atoms with van der Waals surface area (Å²) >= 11 is 0. The number of likely N-dealkylation sites (tertiary alicyclic amines) is 1. The van der Waals surface area contributed by atoms with Crippen LogP contribution in [0, 0.1) is 0 Å². The van der Waals surface area contributed by atoms with Crippen LogP contribution in [-0.2, 0) is 33.6 Å². The molecule has 4 aromatic rings. The first-order valence-corrected chi connectivity index (χ1v) is 19.1. The van der Waals surface area contributed by atoms with Crippen LogP contribution in [0.2, 0.25) is 0 Å². The zero-order valence-electron chi connectivity index (χ0n) is 30.9. The van der Waals surface area contributed by atoms with E-state index in [1.807, 2.05) is 79.8 Å². The smallest absolute Gasteiger partial charge is 0.311 e. The molecule has 7 heteroatoms.